The highest BCUT2D eigenvalue weighted by Gasteiger charge is 2.21. The molecule has 1 aromatic rings. The Morgan fingerprint density at radius 2 is 1.68 bits per heavy atom. The molecular weight excluding hydrogens is 444 g/mol. The van der Waals surface area contributed by atoms with Crippen molar-refractivity contribution in [1.82, 2.24) is 20.6 Å². The third-order valence-electron chi connectivity index (χ3n) is 3.37. The number of esters is 2. The lowest BCUT2D eigenvalue weighted by Gasteiger charge is -2.22. The summed E-state index contributed by atoms with van der Waals surface area (Å²) in [5, 5.41) is 5.66. The van der Waals surface area contributed by atoms with Gasteiger partial charge in [0.25, 0.3) is 11.5 Å². The Labute approximate surface area is 191 Å². The average molecular weight is 477 g/mol. The molecule has 2 rings (SSSR count). The van der Waals surface area contributed by atoms with Gasteiger partial charge in [0.15, 0.2) is 4.77 Å². The number of hydrogen-bond acceptors (Lipinski definition) is 9. The molecule has 0 aliphatic carbocycles. The van der Waals surface area contributed by atoms with Crippen LogP contribution in [0.1, 0.15) is 40.7 Å². The van der Waals surface area contributed by atoms with Crippen LogP contribution in [0.2, 0.25) is 0 Å². The molecule has 176 valence electrons. The van der Waals surface area contributed by atoms with E-state index in [0.29, 0.717) is 24.4 Å². The first-order valence-corrected chi connectivity index (χ1v) is 10.4. The molecule has 0 spiro atoms. The van der Waals surface area contributed by atoms with Crippen LogP contribution in [-0.4, -0.2) is 52.8 Å². The van der Waals surface area contributed by atoms with Gasteiger partial charge >= 0.3 is 11.9 Å². The highest BCUT2D eigenvalue weighted by Crippen LogP contribution is 2.10. The predicted molar refractivity (Wildman–Crippen MR) is 124 cm³/mol. The van der Waals surface area contributed by atoms with Crippen LogP contribution in [0.15, 0.2) is 22.8 Å². The number of hydrogen-bond donors (Lipinski definition) is 4. The lowest BCUT2D eigenvalue weighted by Crippen LogP contribution is -2.46. The quantitative estimate of drug-likeness (QED) is 0.343. The summed E-state index contributed by atoms with van der Waals surface area (Å²) in [6.45, 7) is 4.07. The zero-order chi connectivity index (χ0) is 21.8. The Balaban J connectivity index is 0. The molecule has 0 radical (unpaired) electrons. The molecule has 31 heavy (non-hydrogen) atoms. The molecule has 1 aliphatic heterocycles. The summed E-state index contributed by atoms with van der Waals surface area (Å²) < 4.78 is 9.69. The third-order valence-corrected chi connectivity index (χ3v) is 4.32. The van der Waals surface area contributed by atoms with Gasteiger partial charge in [0.2, 0.25) is 0 Å². The minimum Gasteiger partial charge on any atom is -0.466 e. The number of carbonyl (C=O) groups excluding carboxylic acids is 3. The van der Waals surface area contributed by atoms with E-state index in [1.807, 2.05) is 6.26 Å². The molecule has 1 amide bonds. The van der Waals surface area contributed by atoms with Crippen molar-refractivity contribution >= 4 is 41.8 Å². The van der Waals surface area contributed by atoms with E-state index >= 15 is 0 Å². The first kappa shape index (κ1) is 30.6. The number of nitrogens with one attached hydrogen (secondary N) is 4. The van der Waals surface area contributed by atoms with Crippen LogP contribution in [0.5, 0.6) is 0 Å². The van der Waals surface area contributed by atoms with Gasteiger partial charge in [0.1, 0.15) is 5.50 Å². The number of aromatic nitrogens is 2. The molecule has 1 aromatic heterocycles. The highest BCUT2D eigenvalue weighted by atomic mass is 32.2. The maximum absolute atomic E-state index is 11.5. The smallest absolute Gasteiger partial charge is 0.310 e. The van der Waals surface area contributed by atoms with Gasteiger partial charge in [-0.05, 0) is 32.3 Å². The van der Waals surface area contributed by atoms with Crippen molar-refractivity contribution < 1.29 is 23.9 Å². The second-order valence-electron chi connectivity index (χ2n) is 5.49. The Morgan fingerprint density at radius 1 is 1.10 bits per heavy atom. The molecule has 0 fully saturated rings. The number of thioether (sulfide) groups is 1. The summed E-state index contributed by atoms with van der Waals surface area (Å²) in [4.78, 5) is 49.9. The van der Waals surface area contributed by atoms with Crippen LogP contribution >= 0.6 is 24.0 Å². The van der Waals surface area contributed by atoms with Crippen molar-refractivity contribution in [3.8, 4) is 0 Å². The van der Waals surface area contributed by atoms with Gasteiger partial charge in [-0.25, -0.2) is 0 Å². The third kappa shape index (κ3) is 11.4. The predicted octanol–water partition coefficient (Wildman–Crippen LogP) is 2.00. The first-order chi connectivity index (χ1) is 13.8. The lowest BCUT2D eigenvalue weighted by atomic mass is 10.2. The summed E-state index contributed by atoms with van der Waals surface area (Å²) in [7, 11) is 0. The van der Waals surface area contributed by atoms with Gasteiger partial charge in [-0.15, -0.1) is 11.8 Å². The topological polar surface area (TPSA) is 142 Å². The van der Waals surface area contributed by atoms with Crippen molar-refractivity contribution in [2.24, 2.45) is 0 Å². The number of H-pyrrole nitrogens is 2. The number of ether oxygens (including phenoxy) is 2. The summed E-state index contributed by atoms with van der Waals surface area (Å²) in [6.07, 6.45) is 4.82. The first-order valence-electron chi connectivity index (χ1n) is 8.71. The fraction of sp³-hybridized carbons (Fsp3) is 0.526. The largest absolute Gasteiger partial charge is 0.466 e. The van der Waals surface area contributed by atoms with Gasteiger partial charge in [-0.2, -0.15) is 0 Å². The normalized spacial score (nSPS) is 14.1. The monoisotopic (exact) mass is 476 g/mol. The summed E-state index contributed by atoms with van der Waals surface area (Å²) in [6, 6.07) is 0. The van der Waals surface area contributed by atoms with Crippen LogP contribution in [0.25, 0.3) is 0 Å². The molecule has 1 atom stereocenters. The molecule has 10 nitrogen and oxygen atoms in total. The zero-order valence-corrected chi connectivity index (χ0v) is 18.0. The minimum atomic E-state index is -0.427. The summed E-state index contributed by atoms with van der Waals surface area (Å²) in [5.41, 5.74) is 0.237. The molecule has 0 bridgehead atoms. The molecule has 4 N–H and O–H groups in total. The summed E-state index contributed by atoms with van der Waals surface area (Å²) >= 11 is 6.17. The van der Waals surface area contributed by atoms with E-state index in [2.05, 4.69) is 20.6 Å². The number of rotatable bonds is 7. The van der Waals surface area contributed by atoms with Crippen LogP contribution < -0.4 is 16.2 Å². The molecule has 1 aliphatic rings. The van der Waals surface area contributed by atoms with E-state index in [4.69, 9.17) is 21.7 Å². The molecule has 0 aromatic carbocycles. The Bertz CT molecular complexity index is 865. The van der Waals surface area contributed by atoms with E-state index in [9.17, 15) is 19.2 Å². The Hall–Kier alpha value is -2.60. The van der Waals surface area contributed by atoms with Crippen LogP contribution in [0.3, 0.4) is 0 Å². The fourth-order valence-electron chi connectivity index (χ4n) is 2.06. The molecule has 1 unspecified atom stereocenters. The van der Waals surface area contributed by atoms with E-state index in [0.717, 1.165) is 0 Å². The van der Waals surface area contributed by atoms with Crippen LogP contribution in [0, 0.1) is 4.77 Å². The van der Waals surface area contributed by atoms with E-state index < -0.39 is 5.97 Å². The SMILES string of the molecule is C.C.CCOC(=O)CC1=CNC(SC)NC1=O.CCOC(=O)Cc1c[nH]c(=S)[nH]c1=O. The van der Waals surface area contributed by atoms with Gasteiger partial charge in [-0.1, -0.05) is 14.9 Å². The van der Waals surface area contributed by atoms with Crippen molar-refractivity contribution in [1.29, 1.82) is 0 Å². The van der Waals surface area contributed by atoms with Crippen molar-refractivity contribution in [2.75, 3.05) is 19.5 Å². The van der Waals surface area contributed by atoms with E-state index in [1.165, 1.54) is 18.0 Å². The summed E-state index contributed by atoms with van der Waals surface area (Å²) in [5.74, 6) is -1.03. The standard InChI is InChI=1S/C9H14N2O3S.C8H10N2O3S.2CH4/c1-3-14-7(12)4-6-5-10-9(15-2)11-8(6)13;1-2-13-6(11)3-5-4-9-8(14)10-7(5)12;;/h5,9-10H,3-4H2,1-2H3,(H,11,13);4H,2-3H2,1H3,(H2,9,10,12,14);2*1H4. The molecule has 0 saturated heterocycles. The van der Waals surface area contributed by atoms with Crippen molar-refractivity contribution in [3.05, 3.63) is 38.7 Å². The molecular formula is C19H32N4O6S2. The van der Waals surface area contributed by atoms with E-state index in [-0.39, 0.29) is 55.4 Å². The molecule has 2 heterocycles. The van der Waals surface area contributed by atoms with Gasteiger partial charge in [-0.3, -0.25) is 24.2 Å². The minimum absolute atomic E-state index is 0. The second-order valence-corrected chi connectivity index (χ2v) is 6.84. The number of carbonyl (C=O) groups is 3. The average Bonchev–Trinajstić information content (AvgIpc) is 2.66. The lowest BCUT2D eigenvalue weighted by molar-refractivity contribution is -0.143. The highest BCUT2D eigenvalue weighted by molar-refractivity contribution is 7.99. The second kappa shape index (κ2) is 16.1. The van der Waals surface area contributed by atoms with Crippen LogP contribution in [0.4, 0.5) is 0 Å². The molecule has 12 heteroatoms. The van der Waals surface area contributed by atoms with Gasteiger partial charge in [0, 0.05) is 23.5 Å². The maximum atomic E-state index is 11.5. The number of amides is 1. The van der Waals surface area contributed by atoms with Gasteiger partial charge in [0.05, 0.1) is 26.1 Å². The fourth-order valence-corrected chi connectivity index (χ4v) is 2.64. The Kier molecular flexibility index (Phi) is 15.9. The Morgan fingerprint density at radius 3 is 2.16 bits per heavy atom. The zero-order valence-electron chi connectivity index (χ0n) is 16.3. The maximum Gasteiger partial charge on any atom is 0.310 e. The number of aromatic amines is 2. The van der Waals surface area contributed by atoms with Crippen molar-refractivity contribution in [2.45, 2.75) is 47.0 Å². The van der Waals surface area contributed by atoms with Crippen LogP contribution in [-0.2, 0) is 30.3 Å². The molecule has 0 saturated carbocycles. The van der Waals surface area contributed by atoms with E-state index in [1.54, 1.807) is 20.0 Å². The van der Waals surface area contributed by atoms with Gasteiger partial charge < -0.3 is 25.1 Å². The van der Waals surface area contributed by atoms with Crippen molar-refractivity contribution in [3.63, 3.8) is 0 Å².